The minimum Gasteiger partial charge on any atom is -0.467 e. The van der Waals surface area contributed by atoms with Gasteiger partial charge in [-0.05, 0) is 37.3 Å². The van der Waals surface area contributed by atoms with Crippen LogP contribution in [0.1, 0.15) is 29.1 Å². The molecule has 0 saturated heterocycles. The number of carbonyl (C=O) groups is 1. The standard InChI is InChI=1S/C13H13BrN2O2/c1-8(12-3-2-6-18-12)16-13(17)10-5-4-9(14)7-11(10)15/h2-8H,15H2,1H3,(H,16,17)/t8-/m0/s1. The minimum atomic E-state index is -0.219. The molecule has 0 fully saturated rings. The van der Waals surface area contributed by atoms with E-state index >= 15 is 0 Å². The van der Waals surface area contributed by atoms with E-state index in [-0.39, 0.29) is 11.9 Å². The van der Waals surface area contributed by atoms with Crippen molar-refractivity contribution in [2.24, 2.45) is 0 Å². The lowest BCUT2D eigenvalue weighted by atomic mass is 10.1. The first-order valence-electron chi connectivity index (χ1n) is 5.47. The third-order valence-electron chi connectivity index (χ3n) is 2.58. The monoisotopic (exact) mass is 308 g/mol. The predicted octanol–water partition coefficient (Wildman–Crippen LogP) is 3.12. The highest BCUT2D eigenvalue weighted by Crippen LogP contribution is 2.20. The molecule has 94 valence electrons. The van der Waals surface area contributed by atoms with E-state index in [0.717, 1.165) is 4.47 Å². The number of anilines is 1. The summed E-state index contributed by atoms with van der Waals surface area (Å²) in [5, 5.41) is 2.83. The van der Waals surface area contributed by atoms with Gasteiger partial charge in [-0.3, -0.25) is 4.79 Å². The van der Waals surface area contributed by atoms with Crippen molar-refractivity contribution in [1.29, 1.82) is 0 Å². The number of benzene rings is 1. The van der Waals surface area contributed by atoms with Gasteiger partial charge in [0.25, 0.3) is 5.91 Å². The first-order chi connectivity index (χ1) is 8.58. The number of rotatable bonds is 3. The van der Waals surface area contributed by atoms with Crippen LogP contribution in [0.2, 0.25) is 0 Å². The molecule has 2 aromatic rings. The molecule has 1 aromatic heterocycles. The second kappa shape index (κ2) is 5.27. The molecule has 1 aromatic carbocycles. The summed E-state index contributed by atoms with van der Waals surface area (Å²) in [6.07, 6.45) is 1.58. The van der Waals surface area contributed by atoms with E-state index in [1.54, 1.807) is 30.5 Å². The zero-order valence-electron chi connectivity index (χ0n) is 9.81. The van der Waals surface area contributed by atoms with E-state index in [2.05, 4.69) is 21.2 Å². The van der Waals surface area contributed by atoms with Gasteiger partial charge in [-0.15, -0.1) is 0 Å². The van der Waals surface area contributed by atoms with E-state index < -0.39 is 0 Å². The Morgan fingerprint density at radius 1 is 1.44 bits per heavy atom. The van der Waals surface area contributed by atoms with E-state index in [1.165, 1.54) is 0 Å². The van der Waals surface area contributed by atoms with Gasteiger partial charge in [0.15, 0.2) is 0 Å². The van der Waals surface area contributed by atoms with Crippen molar-refractivity contribution < 1.29 is 9.21 Å². The third-order valence-corrected chi connectivity index (χ3v) is 3.07. The van der Waals surface area contributed by atoms with Crippen molar-refractivity contribution in [3.8, 4) is 0 Å². The van der Waals surface area contributed by atoms with E-state index in [9.17, 15) is 4.79 Å². The normalized spacial score (nSPS) is 12.1. The Morgan fingerprint density at radius 3 is 2.83 bits per heavy atom. The van der Waals surface area contributed by atoms with Crippen LogP contribution in [-0.4, -0.2) is 5.91 Å². The van der Waals surface area contributed by atoms with E-state index in [1.807, 2.05) is 13.0 Å². The van der Waals surface area contributed by atoms with Crippen LogP contribution in [0, 0.1) is 0 Å². The molecule has 0 aliphatic heterocycles. The smallest absolute Gasteiger partial charge is 0.253 e. The maximum Gasteiger partial charge on any atom is 0.253 e. The van der Waals surface area contributed by atoms with Crippen molar-refractivity contribution in [3.63, 3.8) is 0 Å². The molecule has 1 heterocycles. The van der Waals surface area contributed by atoms with Gasteiger partial charge >= 0.3 is 0 Å². The Hall–Kier alpha value is -1.75. The molecule has 2 rings (SSSR count). The fourth-order valence-electron chi connectivity index (χ4n) is 1.62. The lowest BCUT2D eigenvalue weighted by molar-refractivity contribution is 0.0936. The highest BCUT2D eigenvalue weighted by molar-refractivity contribution is 9.10. The SMILES string of the molecule is C[C@H](NC(=O)c1ccc(Br)cc1N)c1ccco1. The van der Waals surface area contributed by atoms with Crippen LogP contribution in [0.15, 0.2) is 45.5 Å². The predicted molar refractivity (Wildman–Crippen MR) is 73.1 cm³/mol. The number of nitrogen functional groups attached to an aromatic ring is 1. The Bertz CT molecular complexity index is 552. The van der Waals surface area contributed by atoms with Gasteiger partial charge in [-0.25, -0.2) is 0 Å². The molecule has 0 aliphatic carbocycles. The number of nitrogens with one attached hydrogen (secondary N) is 1. The molecule has 0 unspecified atom stereocenters. The molecule has 0 aliphatic rings. The number of carbonyl (C=O) groups excluding carboxylic acids is 1. The number of hydrogen-bond donors (Lipinski definition) is 2. The zero-order valence-corrected chi connectivity index (χ0v) is 11.4. The van der Waals surface area contributed by atoms with Crippen LogP contribution in [0.25, 0.3) is 0 Å². The topological polar surface area (TPSA) is 68.3 Å². The van der Waals surface area contributed by atoms with Crippen molar-refractivity contribution >= 4 is 27.5 Å². The molecule has 0 spiro atoms. The number of furan rings is 1. The third kappa shape index (κ3) is 2.73. The number of halogens is 1. The van der Waals surface area contributed by atoms with Gasteiger partial charge in [0.1, 0.15) is 5.76 Å². The lowest BCUT2D eigenvalue weighted by Gasteiger charge is -2.12. The summed E-state index contributed by atoms with van der Waals surface area (Å²) in [5.74, 6) is 0.489. The number of hydrogen-bond acceptors (Lipinski definition) is 3. The van der Waals surface area contributed by atoms with Crippen molar-refractivity contribution in [3.05, 3.63) is 52.4 Å². The van der Waals surface area contributed by atoms with Gasteiger partial charge < -0.3 is 15.5 Å². The Morgan fingerprint density at radius 2 is 2.22 bits per heavy atom. The Balaban J connectivity index is 2.12. The van der Waals surface area contributed by atoms with Crippen LogP contribution in [0.4, 0.5) is 5.69 Å². The summed E-state index contributed by atoms with van der Waals surface area (Å²) < 4.78 is 6.07. The molecule has 0 saturated carbocycles. The van der Waals surface area contributed by atoms with Crippen molar-refractivity contribution in [2.75, 3.05) is 5.73 Å². The highest BCUT2D eigenvalue weighted by Gasteiger charge is 2.15. The quantitative estimate of drug-likeness (QED) is 0.856. The van der Waals surface area contributed by atoms with Gasteiger partial charge in [0, 0.05) is 10.2 Å². The van der Waals surface area contributed by atoms with Crippen LogP contribution in [0.5, 0.6) is 0 Å². The fraction of sp³-hybridized carbons (Fsp3) is 0.154. The zero-order chi connectivity index (χ0) is 13.1. The molecule has 1 atom stereocenters. The molecule has 4 nitrogen and oxygen atoms in total. The molecule has 3 N–H and O–H groups in total. The summed E-state index contributed by atoms with van der Waals surface area (Å²) in [6, 6.07) is 8.57. The Labute approximate surface area is 113 Å². The molecule has 1 amide bonds. The van der Waals surface area contributed by atoms with Gasteiger partial charge in [0.2, 0.25) is 0 Å². The maximum absolute atomic E-state index is 12.0. The van der Waals surface area contributed by atoms with Gasteiger partial charge in [-0.1, -0.05) is 15.9 Å². The van der Waals surface area contributed by atoms with E-state index in [0.29, 0.717) is 17.0 Å². The van der Waals surface area contributed by atoms with Gasteiger partial charge in [0.05, 0.1) is 17.9 Å². The average molecular weight is 309 g/mol. The summed E-state index contributed by atoms with van der Waals surface area (Å²) in [4.78, 5) is 12.0. The van der Waals surface area contributed by atoms with Crippen molar-refractivity contribution in [2.45, 2.75) is 13.0 Å². The molecule has 0 radical (unpaired) electrons. The first-order valence-corrected chi connectivity index (χ1v) is 6.26. The van der Waals surface area contributed by atoms with Crippen LogP contribution >= 0.6 is 15.9 Å². The molecular weight excluding hydrogens is 296 g/mol. The Kier molecular flexibility index (Phi) is 3.72. The number of nitrogens with two attached hydrogens (primary N) is 1. The second-order valence-electron chi connectivity index (χ2n) is 3.94. The first kappa shape index (κ1) is 12.7. The summed E-state index contributed by atoms with van der Waals surface area (Å²) in [5.41, 5.74) is 6.70. The molecule has 18 heavy (non-hydrogen) atoms. The van der Waals surface area contributed by atoms with Gasteiger partial charge in [-0.2, -0.15) is 0 Å². The minimum absolute atomic E-state index is 0.199. The molecule has 0 bridgehead atoms. The van der Waals surface area contributed by atoms with Crippen molar-refractivity contribution in [1.82, 2.24) is 5.32 Å². The summed E-state index contributed by atoms with van der Waals surface area (Å²) in [6.45, 7) is 1.85. The second-order valence-corrected chi connectivity index (χ2v) is 4.86. The van der Waals surface area contributed by atoms with Crippen LogP contribution < -0.4 is 11.1 Å². The molecule has 5 heteroatoms. The summed E-state index contributed by atoms with van der Waals surface area (Å²) >= 11 is 3.30. The van der Waals surface area contributed by atoms with Crippen LogP contribution in [0.3, 0.4) is 0 Å². The van der Waals surface area contributed by atoms with Crippen LogP contribution in [-0.2, 0) is 0 Å². The number of amides is 1. The highest BCUT2D eigenvalue weighted by atomic mass is 79.9. The molecular formula is C13H13BrN2O2. The maximum atomic E-state index is 12.0. The summed E-state index contributed by atoms with van der Waals surface area (Å²) in [7, 11) is 0. The average Bonchev–Trinajstić information content (AvgIpc) is 2.81. The fourth-order valence-corrected chi connectivity index (χ4v) is 2.00. The van der Waals surface area contributed by atoms with E-state index in [4.69, 9.17) is 10.2 Å². The largest absolute Gasteiger partial charge is 0.467 e. The lowest BCUT2D eigenvalue weighted by Crippen LogP contribution is -2.27.